The second-order valence-electron chi connectivity index (χ2n) is 8.56. The Bertz CT molecular complexity index is 994. The zero-order chi connectivity index (χ0) is 26.2. The molecule has 1 aromatic carbocycles. The average Bonchev–Trinajstić information content (AvgIpc) is 3.27. The molecule has 1 aliphatic rings. The van der Waals surface area contributed by atoms with Gasteiger partial charge in [0.2, 0.25) is 23.6 Å². The summed E-state index contributed by atoms with van der Waals surface area (Å²) in [6.07, 6.45) is 2.28. The second kappa shape index (κ2) is 12.1. The fourth-order valence-electron chi connectivity index (χ4n) is 4.29. The van der Waals surface area contributed by atoms with Gasteiger partial charge in [0.1, 0.15) is 11.6 Å². The number of amides is 4. The first-order chi connectivity index (χ1) is 16.6. The molecule has 1 aliphatic heterocycles. The van der Waals surface area contributed by atoms with Gasteiger partial charge in [-0.2, -0.15) is 0 Å². The van der Waals surface area contributed by atoms with E-state index >= 15 is 0 Å². The third-order valence-electron chi connectivity index (χ3n) is 6.32. The molecule has 1 heterocycles. The number of carbonyl (C=O) groups excluding carboxylic acids is 5. The summed E-state index contributed by atoms with van der Waals surface area (Å²) in [6, 6.07) is 5.93. The Labute approximate surface area is 205 Å². The van der Waals surface area contributed by atoms with Crippen molar-refractivity contribution in [3.8, 4) is 0 Å². The van der Waals surface area contributed by atoms with Crippen molar-refractivity contribution in [3.63, 3.8) is 0 Å². The largest absolute Gasteiger partial charge is 0.467 e. The van der Waals surface area contributed by atoms with Gasteiger partial charge in [0.25, 0.3) is 0 Å². The van der Waals surface area contributed by atoms with E-state index in [-0.39, 0.29) is 24.7 Å². The Kier molecular flexibility index (Phi) is 9.56. The van der Waals surface area contributed by atoms with Crippen molar-refractivity contribution in [3.05, 3.63) is 42.5 Å². The number of para-hydroxylation sites is 1. The predicted molar refractivity (Wildman–Crippen MR) is 130 cm³/mol. The van der Waals surface area contributed by atoms with E-state index in [1.807, 2.05) is 0 Å². The zero-order valence-electron chi connectivity index (χ0n) is 20.8. The van der Waals surface area contributed by atoms with Gasteiger partial charge in [-0.1, -0.05) is 24.8 Å². The highest BCUT2D eigenvalue weighted by Crippen LogP contribution is 2.30. The fraction of sp³-hybridized carbons (Fsp3) is 0.480. The molecule has 0 aromatic heterocycles. The van der Waals surface area contributed by atoms with Crippen LogP contribution in [0.3, 0.4) is 0 Å². The zero-order valence-corrected chi connectivity index (χ0v) is 20.8. The molecule has 10 nitrogen and oxygen atoms in total. The van der Waals surface area contributed by atoms with Crippen LogP contribution in [-0.2, 0) is 28.7 Å². The molecule has 0 bridgehead atoms. The number of nitrogens with zero attached hydrogens (tertiary/aromatic N) is 2. The Morgan fingerprint density at radius 2 is 1.94 bits per heavy atom. The van der Waals surface area contributed by atoms with Crippen LogP contribution in [-0.4, -0.2) is 73.3 Å². The maximum atomic E-state index is 13.5. The van der Waals surface area contributed by atoms with Crippen molar-refractivity contribution in [1.82, 2.24) is 15.5 Å². The van der Waals surface area contributed by atoms with Crippen molar-refractivity contribution in [2.45, 2.75) is 51.1 Å². The molecule has 0 radical (unpaired) electrons. The molecule has 1 fully saturated rings. The number of aryl methyl sites for hydroxylation is 1. The third-order valence-corrected chi connectivity index (χ3v) is 6.32. The second-order valence-corrected chi connectivity index (χ2v) is 8.56. The molecule has 2 N–H and O–H groups in total. The molecule has 190 valence electrons. The minimum atomic E-state index is -1.11. The predicted octanol–water partition coefficient (Wildman–Crippen LogP) is 1.08. The van der Waals surface area contributed by atoms with Gasteiger partial charge in [-0.25, -0.2) is 4.79 Å². The number of hydrogen-bond acceptors (Lipinski definition) is 6. The smallest absolute Gasteiger partial charge is 0.328 e. The van der Waals surface area contributed by atoms with Crippen LogP contribution in [0.2, 0.25) is 0 Å². The van der Waals surface area contributed by atoms with Gasteiger partial charge in [-0.05, 0) is 50.8 Å². The summed E-state index contributed by atoms with van der Waals surface area (Å²) in [7, 11) is 2.70. The minimum Gasteiger partial charge on any atom is -0.467 e. The lowest BCUT2D eigenvalue weighted by atomic mass is 9.97. The van der Waals surface area contributed by atoms with Crippen molar-refractivity contribution in [1.29, 1.82) is 0 Å². The molecular weight excluding hydrogens is 452 g/mol. The summed E-state index contributed by atoms with van der Waals surface area (Å²) in [4.78, 5) is 66.1. The summed E-state index contributed by atoms with van der Waals surface area (Å²) in [5, 5.41) is 5.14. The van der Waals surface area contributed by atoms with Gasteiger partial charge < -0.3 is 20.3 Å². The van der Waals surface area contributed by atoms with E-state index in [1.165, 1.54) is 24.0 Å². The van der Waals surface area contributed by atoms with Gasteiger partial charge in [-0.15, -0.1) is 0 Å². The third kappa shape index (κ3) is 6.26. The quantitative estimate of drug-likeness (QED) is 0.377. The van der Waals surface area contributed by atoms with E-state index in [9.17, 15) is 24.0 Å². The molecule has 1 aromatic rings. The molecule has 0 aliphatic carbocycles. The van der Waals surface area contributed by atoms with Gasteiger partial charge in [0.15, 0.2) is 0 Å². The van der Waals surface area contributed by atoms with Gasteiger partial charge in [0, 0.05) is 25.7 Å². The molecule has 10 heteroatoms. The van der Waals surface area contributed by atoms with Crippen molar-refractivity contribution in [2.24, 2.45) is 0 Å². The summed E-state index contributed by atoms with van der Waals surface area (Å²) in [6.45, 7) is 6.95. The van der Waals surface area contributed by atoms with Crippen molar-refractivity contribution in [2.75, 3.05) is 32.1 Å². The van der Waals surface area contributed by atoms with Crippen LogP contribution >= 0.6 is 0 Å². The summed E-state index contributed by atoms with van der Waals surface area (Å²) < 4.78 is 4.94. The highest BCUT2D eigenvalue weighted by Gasteiger charge is 2.45. The van der Waals surface area contributed by atoms with Crippen molar-refractivity contribution < 1.29 is 28.7 Å². The highest BCUT2D eigenvalue weighted by molar-refractivity contribution is 6.03. The topological polar surface area (TPSA) is 125 Å². The van der Waals surface area contributed by atoms with Crippen LogP contribution in [0.25, 0.3) is 0 Å². The summed E-state index contributed by atoms with van der Waals surface area (Å²) >= 11 is 0. The lowest BCUT2D eigenvalue weighted by Crippen LogP contribution is -2.57. The molecule has 1 saturated heterocycles. The van der Waals surface area contributed by atoms with Crippen LogP contribution in [0.5, 0.6) is 0 Å². The Hall–Kier alpha value is -3.69. The normalized spacial score (nSPS) is 17.8. The average molecular weight is 487 g/mol. The number of anilines is 1. The first-order valence-corrected chi connectivity index (χ1v) is 11.5. The van der Waals surface area contributed by atoms with Crippen LogP contribution in [0.15, 0.2) is 36.9 Å². The summed E-state index contributed by atoms with van der Waals surface area (Å²) in [5.41, 5.74) is 0.0844. The Morgan fingerprint density at radius 3 is 2.54 bits per heavy atom. The van der Waals surface area contributed by atoms with Crippen LogP contribution < -0.4 is 15.5 Å². The maximum absolute atomic E-state index is 13.5. The fourth-order valence-corrected chi connectivity index (χ4v) is 4.29. The number of esters is 1. The molecule has 2 atom stereocenters. The lowest BCUT2D eigenvalue weighted by Gasteiger charge is -2.34. The van der Waals surface area contributed by atoms with E-state index < -0.39 is 35.9 Å². The highest BCUT2D eigenvalue weighted by atomic mass is 16.5. The molecule has 0 unspecified atom stereocenters. The number of nitrogens with one attached hydrogen (secondary N) is 2. The number of rotatable bonds is 10. The van der Waals surface area contributed by atoms with E-state index in [0.29, 0.717) is 25.1 Å². The monoisotopic (exact) mass is 486 g/mol. The van der Waals surface area contributed by atoms with Crippen LogP contribution in [0.4, 0.5) is 5.69 Å². The number of ether oxygens (including phenoxy) is 1. The van der Waals surface area contributed by atoms with Gasteiger partial charge >= 0.3 is 5.97 Å². The van der Waals surface area contributed by atoms with Gasteiger partial charge in [0.05, 0.1) is 13.7 Å². The molecular formula is C25H34N4O6. The van der Waals surface area contributed by atoms with Gasteiger partial charge in [-0.3, -0.25) is 24.1 Å². The van der Waals surface area contributed by atoms with E-state index in [0.717, 1.165) is 11.6 Å². The standard InChI is InChI=1S/C25H34N4O6/c1-6-21(31)28-15-9-14-25(28,3)24(34)27-16-22(32)29(18-11-8-7-10-17(18)2)19(23(33)35-5)12-13-20(30)26-4/h6-8,10-11,19H,1,9,12-16H2,2-5H3,(H,26,30)(H,27,34)/t19-,25-/m0/s1. The number of methoxy groups -OCH3 is 1. The number of hydrogen-bond donors (Lipinski definition) is 2. The van der Waals surface area contributed by atoms with Crippen LogP contribution in [0.1, 0.15) is 38.2 Å². The van der Waals surface area contributed by atoms with E-state index in [4.69, 9.17) is 4.74 Å². The molecule has 35 heavy (non-hydrogen) atoms. The molecule has 0 spiro atoms. The maximum Gasteiger partial charge on any atom is 0.328 e. The molecule has 4 amide bonds. The lowest BCUT2D eigenvalue weighted by molar-refractivity contribution is -0.144. The SMILES string of the molecule is C=CC(=O)N1CCC[C@@]1(C)C(=O)NCC(=O)N(c1ccccc1C)[C@@H](CCC(=O)NC)C(=O)OC. The van der Waals surface area contributed by atoms with E-state index in [2.05, 4.69) is 17.2 Å². The molecule has 0 saturated carbocycles. The van der Waals surface area contributed by atoms with E-state index in [1.54, 1.807) is 38.1 Å². The minimum absolute atomic E-state index is 0.00498. The molecule has 2 rings (SSSR count). The number of benzene rings is 1. The summed E-state index contributed by atoms with van der Waals surface area (Å²) in [5.74, 6) is -2.34. The Morgan fingerprint density at radius 1 is 1.26 bits per heavy atom. The Balaban J connectivity index is 2.32. The van der Waals surface area contributed by atoms with Crippen molar-refractivity contribution >= 4 is 35.3 Å². The number of carbonyl (C=O) groups is 5. The first kappa shape index (κ1) is 27.6. The number of likely N-dealkylation sites (tertiary alicyclic amines) is 1. The first-order valence-electron chi connectivity index (χ1n) is 11.5. The van der Waals surface area contributed by atoms with Crippen LogP contribution in [0, 0.1) is 6.92 Å².